The van der Waals surface area contributed by atoms with Crippen molar-refractivity contribution in [2.24, 2.45) is 7.05 Å². The van der Waals surface area contributed by atoms with Gasteiger partial charge in [0.15, 0.2) is 12.7 Å². The van der Waals surface area contributed by atoms with Crippen LogP contribution in [0.25, 0.3) is 0 Å². The molecule has 7 nitrogen and oxygen atoms in total. The first kappa shape index (κ1) is 19.8. The van der Waals surface area contributed by atoms with Crippen molar-refractivity contribution in [1.82, 2.24) is 9.78 Å². The molecule has 0 bridgehead atoms. The molecule has 1 heterocycles. The van der Waals surface area contributed by atoms with Gasteiger partial charge in [-0.1, -0.05) is 17.7 Å². The van der Waals surface area contributed by atoms with Gasteiger partial charge in [0, 0.05) is 7.05 Å². The first-order valence-electron chi connectivity index (χ1n) is 8.08. The molecule has 140 valence electrons. The van der Waals surface area contributed by atoms with E-state index < -0.39 is 18.0 Å². The Labute approximate surface area is 157 Å². The predicted octanol–water partition coefficient (Wildman–Crippen LogP) is 2.95. The number of amides is 1. The predicted molar refractivity (Wildman–Crippen MR) is 98.5 cm³/mol. The molecule has 0 radical (unpaired) electrons. The summed E-state index contributed by atoms with van der Waals surface area (Å²) in [6.07, 6.45) is -0.974. The number of ether oxygens (including phenoxy) is 2. The van der Waals surface area contributed by atoms with Gasteiger partial charge < -0.3 is 14.8 Å². The summed E-state index contributed by atoms with van der Waals surface area (Å²) < 4.78 is 12.2. The van der Waals surface area contributed by atoms with Crippen LogP contribution in [0.3, 0.4) is 0 Å². The van der Waals surface area contributed by atoms with Gasteiger partial charge in [-0.2, -0.15) is 5.10 Å². The van der Waals surface area contributed by atoms with Gasteiger partial charge in [-0.25, -0.2) is 4.79 Å². The van der Waals surface area contributed by atoms with Crippen LogP contribution in [-0.2, 0) is 21.4 Å². The Morgan fingerprint density at radius 1 is 1.31 bits per heavy atom. The van der Waals surface area contributed by atoms with Crippen molar-refractivity contribution in [1.29, 1.82) is 0 Å². The fourth-order valence-corrected chi connectivity index (χ4v) is 2.49. The molecule has 0 aliphatic heterocycles. The number of rotatable bonds is 6. The first-order valence-corrected chi connectivity index (χ1v) is 8.46. The second-order valence-corrected chi connectivity index (χ2v) is 6.42. The summed E-state index contributed by atoms with van der Waals surface area (Å²) in [4.78, 5) is 24.2. The molecule has 1 atom stereocenters. The number of benzene rings is 1. The van der Waals surface area contributed by atoms with E-state index in [1.807, 2.05) is 19.9 Å². The number of aryl methyl sites for hydroxylation is 3. The molecule has 0 unspecified atom stereocenters. The zero-order chi connectivity index (χ0) is 19.4. The Morgan fingerprint density at radius 2 is 2.00 bits per heavy atom. The van der Waals surface area contributed by atoms with Gasteiger partial charge in [0.05, 0.1) is 22.1 Å². The highest BCUT2D eigenvalue weighted by atomic mass is 35.5. The van der Waals surface area contributed by atoms with Crippen LogP contribution in [0.1, 0.15) is 23.9 Å². The maximum absolute atomic E-state index is 12.2. The molecule has 2 rings (SSSR count). The maximum Gasteiger partial charge on any atom is 0.344 e. The molecular formula is C18H22ClN3O4. The van der Waals surface area contributed by atoms with E-state index in [9.17, 15) is 9.59 Å². The molecule has 0 fully saturated rings. The summed E-state index contributed by atoms with van der Waals surface area (Å²) in [7, 11) is 1.79. The minimum Gasteiger partial charge on any atom is -0.480 e. The summed E-state index contributed by atoms with van der Waals surface area (Å²) in [6, 6.07) is 5.24. The highest BCUT2D eigenvalue weighted by Crippen LogP contribution is 2.25. The Morgan fingerprint density at radius 3 is 2.62 bits per heavy atom. The minimum absolute atomic E-state index is 0.342. The topological polar surface area (TPSA) is 82.4 Å². The van der Waals surface area contributed by atoms with Crippen molar-refractivity contribution in [3.05, 3.63) is 40.2 Å². The van der Waals surface area contributed by atoms with Gasteiger partial charge >= 0.3 is 5.97 Å². The average molecular weight is 380 g/mol. The number of nitrogens with zero attached hydrogens (tertiary/aromatic N) is 2. The van der Waals surface area contributed by atoms with E-state index in [-0.39, 0.29) is 6.61 Å². The number of nitrogens with one attached hydrogen (secondary N) is 1. The van der Waals surface area contributed by atoms with E-state index in [0.29, 0.717) is 22.2 Å². The quantitative estimate of drug-likeness (QED) is 0.780. The van der Waals surface area contributed by atoms with Gasteiger partial charge in [-0.3, -0.25) is 9.48 Å². The highest BCUT2D eigenvalue weighted by molar-refractivity contribution is 6.32. The molecule has 1 aromatic carbocycles. The molecular weight excluding hydrogens is 358 g/mol. The van der Waals surface area contributed by atoms with E-state index in [1.54, 1.807) is 30.8 Å². The van der Waals surface area contributed by atoms with Crippen molar-refractivity contribution >= 4 is 29.2 Å². The van der Waals surface area contributed by atoms with Crippen LogP contribution < -0.4 is 10.1 Å². The van der Waals surface area contributed by atoms with E-state index >= 15 is 0 Å². The van der Waals surface area contributed by atoms with E-state index in [4.69, 9.17) is 21.1 Å². The number of anilines is 1. The standard InChI is InChI=1S/C18H22ClN3O4/c1-10-6-7-14(19)15(8-10)25-9-16(23)26-13(4)18(24)20-17-11(2)21-22(5)12(17)3/h6-8,13H,9H2,1-5H3,(H,20,24)/t13-/m0/s1. The minimum atomic E-state index is -0.974. The van der Waals surface area contributed by atoms with Crippen LogP contribution >= 0.6 is 11.6 Å². The van der Waals surface area contributed by atoms with Crippen LogP contribution in [0.5, 0.6) is 5.75 Å². The van der Waals surface area contributed by atoms with Crippen LogP contribution in [0.15, 0.2) is 18.2 Å². The normalized spacial score (nSPS) is 11.8. The summed E-state index contributed by atoms with van der Waals surface area (Å²) in [5, 5.41) is 7.36. The largest absolute Gasteiger partial charge is 0.480 e. The van der Waals surface area contributed by atoms with E-state index in [1.165, 1.54) is 6.92 Å². The number of carbonyl (C=O) groups is 2. The number of hydrogen-bond acceptors (Lipinski definition) is 5. The van der Waals surface area contributed by atoms with E-state index in [0.717, 1.165) is 11.3 Å². The lowest BCUT2D eigenvalue weighted by Crippen LogP contribution is -2.32. The zero-order valence-corrected chi connectivity index (χ0v) is 16.2. The second-order valence-electron chi connectivity index (χ2n) is 6.01. The Balaban J connectivity index is 1.90. The number of hydrogen-bond donors (Lipinski definition) is 1. The Bertz CT molecular complexity index is 832. The van der Waals surface area contributed by atoms with Crippen molar-refractivity contribution in [2.75, 3.05) is 11.9 Å². The zero-order valence-electron chi connectivity index (χ0n) is 15.4. The van der Waals surface area contributed by atoms with Gasteiger partial charge in [0.2, 0.25) is 0 Å². The lowest BCUT2D eigenvalue weighted by Gasteiger charge is -2.14. The average Bonchev–Trinajstić information content (AvgIpc) is 2.81. The summed E-state index contributed by atoms with van der Waals surface area (Å²) in [5.74, 6) is -0.710. The van der Waals surface area contributed by atoms with Crippen molar-refractivity contribution in [2.45, 2.75) is 33.8 Å². The fourth-order valence-electron chi connectivity index (χ4n) is 2.32. The smallest absolute Gasteiger partial charge is 0.344 e. The van der Waals surface area contributed by atoms with Crippen LogP contribution in [0.4, 0.5) is 5.69 Å². The van der Waals surface area contributed by atoms with Crippen molar-refractivity contribution in [3.63, 3.8) is 0 Å². The van der Waals surface area contributed by atoms with Gasteiger partial charge in [-0.15, -0.1) is 0 Å². The molecule has 0 aliphatic rings. The molecule has 1 amide bonds. The molecule has 0 saturated heterocycles. The lowest BCUT2D eigenvalue weighted by molar-refractivity contribution is -0.155. The third-order valence-corrected chi connectivity index (χ3v) is 4.18. The van der Waals surface area contributed by atoms with Crippen molar-refractivity contribution < 1.29 is 19.1 Å². The molecule has 0 spiro atoms. The number of carbonyl (C=O) groups excluding carboxylic acids is 2. The van der Waals surface area contributed by atoms with Crippen LogP contribution in [0.2, 0.25) is 5.02 Å². The van der Waals surface area contributed by atoms with Crippen molar-refractivity contribution in [3.8, 4) is 5.75 Å². The Hall–Kier alpha value is -2.54. The van der Waals surface area contributed by atoms with Crippen LogP contribution in [0, 0.1) is 20.8 Å². The molecule has 0 aliphatic carbocycles. The highest BCUT2D eigenvalue weighted by Gasteiger charge is 2.21. The van der Waals surface area contributed by atoms with Gasteiger partial charge in [-0.05, 0) is 45.4 Å². The van der Waals surface area contributed by atoms with E-state index in [2.05, 4.69) is 10.4 Å². The first-order chi connectivity index (χ1) is 12.2. The SMILES string of the molecule is Cc1ccc(Cl)c(OCC(=O)O[C@@H](C)C(=O)Nc2c(C)nn(C)c2C)c1. The second kappa shape index (κ2) is 8.23. The lowest BCUT2D eigenvalue weighted by atomic mass is 10.2. The van der Waals surface area contributed by atoms with Gasteiger partial charge in [0.25, 0.3) is 5.91 Å². The third kappa shape index (κ3) is 4.76. The molecule has 26 heavy (non-hydrogen) atoms. The van der Waals surface area contributed by atoms with Crippen LogP contribution in [-0.4, -0.2) is 34.4 Å². The van der Waals surface area contributed by atoms with Gasteiger partial charge in [0.1, 0.15) is 5.75 Å². The molecule has 1 N–H and O–H groups in total. The maximum atomic E-state index is 12.2. The summed E-state index contributed by atoms with van der Waals surface area (Å²) in [5.41, 5.74) is 3.07. The number of aromatic nitrogens is 2. The molecule has 8 heteroatoms. The summed E-state index contributed by atoms with van der Waals surface area (Å²) >= 11 is 6.01. The molecule has 0 saturated carbocycles. The monoisotopic (exact) mass is 379 g/mol. The summed E-state index contributed by atoms with van der Waals surface area (Å²) in [6.45, 7) is 6.67. The molecule has 2 aromatic rings. The fraction of sp³-hybridized carbons (Fsp3) is 0.389. The number of esters is 1. The Kier molecular flexibility index (Phi) is 6.26. The number of halogens is 1. The molecule has 1 aromatic heterocycles. The third-order valence-electron chi connectivity index (χ3n) is 3.87.